The van der Waals surface area contributed by atoms with Crippen LogP contribution in [0.15, 0.2) is 18.2 Å². The van der Waals surface area contributed by atoms with E-state index in [0.29, 0.717) is 6.04 Å². The van der Waals surface area contributed by atoms with Crippen LogP contribution >= 0.6 is 11.6 Å². The van der Waals surface area contributed by atoms with E-state index >= 15 is 0 Å². The van der Waals surface area contributed by atoms with Crippen LogP contribution in [-0.2, 0) is 6.61 Å². The van der Waals surface area contributed by atoms with E-state index in [9.17, 15) is 5.11 Å². The van der Waals surface area contributed by atoms with E-state index in [1.54, 1.807) is 0 Å². The molecule has 1 unspecified atom stereocenters. The summed E-state index contributed by atoms with van der Waals surface area (Å²) in [7, 11) is 0. The van der Waals surface area contributed by atoms with Gasteiger partial charge in [0.25, 0.3) is 0 Å². The topological polar surface area (TPSA) is 23.5 Å². The standard InChI is InChI=1S/C13H18ClNO/c1-2-11-6-4-8-15(11)13-10(9-16)5-3-7-12(13)14/h3,5,7,11,16H,2,4,6,8-9H2,1H3. The molecule has 0 spiro atoms. The molecule has 2 nitrogen and oxygen atoms in total. The first kappa shape index (κ1) is 11.7. The first-order chi connectivity index (χ1) is 7.77. The smallest absolute Gasteiger partial charge is 0.0702 e. The van der Waals surface area contributed by atoms with Gasteiger partial charge in [-0.1, -0.05) is 30.7 Å². The molecule has 1 saturated heterocycles. The Bertz CT molecular complexity index is 367. The SMILES string of the molecule is CCC1CCCN1c1c(Cl)cccc1CO. The van der Waals surface area contributed by atoms with E-state index in [-0.39, 0.29) is 6.61 Å². The number of hydrogen-bond acceptors (Lipinski definition) is 2. The molecule has 1 heterocycles. The maximum atomic E-state index is 9.38. The van der Waals surface area contributed by atoms with Gasteiger partial charge in [-0.05, 0) is 25.3 Å². The van der Waals surface area contributed by atoms with Crippen LogP contribution in [0.4, 0.5) is 5.69 Å². The van der Waals surface area contributed by atoms with Crippen molar-refractivity contribution in [1.82, 2.24) is 0 Å². The summed E-state index contributed by atoms with van der Waals surface area (Å²) in [6.45, 7) is 3.32. The third-order valence-electron chi connectivity index (χ3n) is 3.38. The molecule has 1 aromatic rings. The average Bonchev–Trinajstić information content (AvgIpc) is 2.76. The number of aliphatic hydroxyl groups is 1. The van der Waals surface area contributed by atoms with Crippen LogP contribution in [0.25, 0.3) is 0 Å². The molecule has 1 fully saturated rings. The van der Waals surface area contributed by atoms with Crippen molar-refractivity contribution in [1.29, 1.82) is 0 Å². The molecule has 1 aliphatic rings. The van der Waals surface area contributed by atoms with Gasteiger partial charge in [-0.3, -0.25) is 0 Å². The molecule has 1 aliphatic heterocycles. The molecular weight excluding hydrogens is 222 g/mol. The van der Waals surface area contributed by atoms with Crippen molar-refractivity contribution in [3.63, 3.8) is 0 Å². The largest absolute Gasteiger partial charge is 0.392 e. The third-order valence-corrected chi connectivity index (χ3v) is 3.68. The van der Waals surface area contributed by atoms with Crippen molar-refractivity contribution in [2.45, 2.75) is 38.8 Å². The van der Waals surface area contributed by atoms with Gasteiger partial charge in [0.05, 0.1) is 17.3 Å². The highest BCUT2D eigenvalue weighted by Crippen LogP contribution is 2.35. The lowest BCUT2D eigenvalue weighted by molar-refractivity contribution is 0.282. The fourth-order valence-corrected chi connectivity index (χ4v) is 2.87. The number of aliphatic hydroxyl groups excluding tert-OH is 1. The summed E-state index contributed by atoms with van der Waals surface area (Å²) >= 11 is 6.26. The normalized spacial score (nSPS) is 20.4. The summed E-state index contributed by atoms with van der Waals surface area (Å²) in [5, 5.41) is 10.1. The van der Waals surface area contributed by atoms with Gasteiger partial charge < -0.3 is 10.0 Å². The van der Waals surface area contributed by atoms with Crippen LogP contribution < -0.4 is 4.90 Å². The molecule has 0 saturated carbocycles. The van der Waals surface area contributed by atoms with Crippen molar-refractivity contribution < 1.29 is 5.11 Å². The molecule has 1 aromatic carbocycles. The van der Waals surface area contributed by atoms with Gasteiger partial charge in [-0.2, -0.15) is 0 Å². The van der Waals surface area contributed by atoms with E-state index in [1.165, 1.54) is 12.8 Å². The molecule has 0 amide bonds. The number of nitrogens with zero attached hydrogens (tertiary/aromatic N) is 1. The Morgan fingerprint density at radius 2 is 2.31 bits per heavy atom. The zero-order valence-corrected chi connectivity index (χ0v) is 10.4. The monoisotopic (exact) mass is 239 g/mol. The van der Waals surface area contributed by atoms with E-state index in [0.717, 1.165) is 29.2 Å². The Morgan fingerprint density at radius 3 is 3.00 bits per heavy atom. The van der Waals surface area contributed by atoms with Gasteiger partial charge in [-0.25, -0.2) is 0 Å². The van der Waals surface area contributed by atoms with Crippen molar-refractivity contribution >= 4 is 17.3 Å². The number of anilines is 1. The van der Waals surface area contributed by atoms with Crippen molar-refractivity contribution in [3.05, 3.63) is 28.8 Å². The van der Waals surface area contributed by atoms with Gasteiger partial charge in [0.15, 0.2) is 0 Å². The quantitative estimate of drug-likeness (QED) is 0.876. The minimum Gasteiger partial charge on any atom is -0.392 e. The fourth-order valence-electron chi connectivity index (χ4n) is 2.56. The Balaban J connectivity index is 2.38. The Kier molecular flexibility index (Phi) is 3.72. The summed E-state index contributed by atoms with van der Waals surface area (Å²) in [6.07, 6.45) is 3.58. The predicted octanol–water partition coefficient (Wildman–Crippen LogP) is 3.21. The first-order valence-corrected chi connectivity index (χ1v) is 6.30. The molecule has 0 bridgehead atoms. The minimum absolute atomic E-state index is 0.0584. The lowest BCUT2D eigenvalue weighted by Gasteiger charge is -2.28. The van der Waals surface area contributed by atoms with Crippen LogP contribution in [0.3, 0.4) is 0 Å². The molecule has 16 heavy (non-hydrogen) atoms. The first-order valence-electron chi connectivity index (χ1n) is 5.92. The fraction of sp³-hybridized carbons (Fsp3) is 0.538. The van der Waals surface area contributed by atoms with Crippen LogP contribution in [0.1, 0.15) is 31.7 Å². The van der Waals surface area contributed by atoms with Gasteiger partial charge in [0.2, 0.25) is 0 Å². The van der Waals surface area contributed by atoms with Crippen LogP contribution in [0.5, 0.6) is 0 Å². The van der Waals surface area contributed by atoms with Gasteiger partial charge in [0, 0.05) is 18.2 Å². The minimum atomic E-state index is 0.0584. The Morgan fingerprint density at radius 1 is 1.50 bits per heavy atom. The van der Waals surface area contributed by atoms with Crippen molar-refractivity contribution in [2.24, 2.45) is 0 Å². The maximum absolute atomic E-state index is 9.38. The summed E-state index contributed by atoms with van der Waals surface area (Å²) in [5.41, 5.74) is 1.98. The summed E-state index contributed by atoms with van der Waals surface area (Å²) in [5.74, 6) is 0. The molecule has 0 aliphatic carbocycles. The van der Waals surface area contributed by atoms with Crippen molar-refractivity contribution in [2.75, 3.05) is 11.4 Å². The lowest BCUT2D eigenvalue weighted by atomic mass is 10.1. The highest BCUT2D eigenvalue weighted by molar-refractivity contribution is 6.33. The molecule has 0 aromatic heterocycles. The van der Waals surface area contributed by atoms with E-state index < -0.39 is 0 Å². The van der Waals surface area contributed by atoms with Crippen LogP contribution in [0, 0.1) is 0 Å². The number of para-hydroxylation sites is 1. The second-order valence-corrected chi connectivity index (χ2v) is 4.71. The second kappa shape index (κ2) is 5.07. The average molecular weight is 240 g/mol. The maximum Gasteiger partial charge on any atom is 0.0702 e. The van der Waals surface area contributed by atoms with E-state index in [4.69, 9.17) is 11.6 Å². The Labute approximate surface area is 102 Å². The molecule has 3 heteroatoms. The Hall–Kier alpha value is -0.730. The zero-order valence-electron chi connectivity index (χ0n) is 9.62. The summed E-state index contributed by atoms with van der Waals surface area (Å²) in [4.78, 5) is 2.36. The molecular formula is C13H18ClNO. The number of benzene rings is 1. The number of rotatable bonds is 3. The van der Waals surface area contributed by atoms with Crippen LogP contribution in [0.2, 0.25) is 5.02 Å². The molecule has 0 radical (unpaired) electrons. The molecule has 2 rings (SSSR count). The van der Waals surface area contributed by atoms with E-state index in [1.807, 2.05) is 18.2 Å². The molecule has 88 valence electrons. The predicted molar refractivity (Wildman–Crippen MR) is 68.0 cm³/mol. The van der Waals surface area contributed by atoms with Gasteiger partial charge in [-0.15, -0.1) is 0 Å². The van der Waals surface area contributed by atoms with Gasteiger partial charge >= 0.3 is 0 Å². The highest BCUT2D eigenvalue weighted by Gasteiger charge is 2.26. The van der Waals surface area contributed by atoms with E-state index in [2.05, 4.69) is 11.8 Å². The molecule has 1 N–H and O–H groups in total. The second-order valence-electron chi connectivity index (χ2n) is 4.30. The summed E-state index contributed by atoms with van der Waals surface area (Å²) in [6, 6.07) is 6.33. The zero-order chi connectivity index (χ0) is 11.5. The third kappa shape index (κ3) is 2.04. The van der Waals surface area contributed by atoms with Crippen molar-refractivity contribution in [3.8, 4) is 0 Å². The number of hydrogen-bond donors (Lipinski definition) is 1. The highest BCUT2D eigenvalue weighted by atomic mass is 35.5. The van der Waals surface area contributed by atoms with Gasteiger partial charge in [0.1, 0.15) is 0 Å². The molecule has 1 atom stereocenters. The summed E-state index contributed by atoms with van der Waals surface area (Å²) < 4.78 is 0. The number of halogens is 1. The lowest BCUT2D eigenvalue weighted by Crippen LogP contribution is -2.29. The van der Waals surface area contributed by atoms with Crippen LogP contribution in [-0.4, -0.2) is 17.7 Å².